The second-order valence-electron chi connectivity index (χ2n) is 7.61. The molecule has 1 aromatic heterocycles. The zero-order chi connectivity index (χ0) is 22.6. The van der Waals surface area contributed by atoms with Crippen molar-refractivity contribution >= 4 is 11.8 Å². The number of furan rings is 1. The molecular weight excluding hydrogens is 404 g/mol. The number of amides is 2. The van der Waals surface area contributed by atoms with E-state index in [4.69, 9.17) is 9.15 Å². The maximum Gasteiger partial charge on any atom is 0.249 e. The van der Waals surface area contributed by atoms with Crippen LogP contribution in [0.5, 0.6) is 0 Å². The lowest BCUT2D eigenvalue weighted by atomic mass is 10.2. The van der Waals surface area contributed by atoms with Gasteiger partial charge in [0, 0.05) is 13.1 Å². The van der Waals surface area contributed by atoms with E-state index < -0.39 is 0 Å². The number of hydrogen-bond acceptors (Lipinski definition) is 4. The molecule has 6 nitrogen and oxygen atoms in total. The van der Waals surface area contributed by atoms with Crippen molar-refractivity contribution in [2.45, 2.75) is 33.0 Å². The molecule has 2 aromatic carbocycles. The van der Waals surface area contributed by atoms with Crippen molar-refractivity contribution in [1.29, 1.82) is 0 Å². The van der Waals surface area contributed by atoms with E-state index in [-0.39, 0.29) is 25.0 Å². The summed E-state index contributed by atoms with van der Waals surface area (Å²) >= 11 is 0. The van der Waals surface area contributed by atoms with Gasteiger partial charge in [-0.05, 0) is 29.7 Å². The molecular formula is C26H30N2O4. The molecule has 0 saturated heterocycles. The topological polar surface area (TPSA) is 63.0 Å². The Kier molecular flexibility index (Phi) is 9.07. The van der Waals surface area contributed by atoms with Gasteiger partial charge >= 0.3 is 0 Å². The zero-order valence-corrected chi connectivity index (χ0v) is 18.5. The maximum atomic E-state index is 13.2. The van der Waals surface area contributed by atoms with Crippen LogP contribution in [0.4, 0.5) is 0 Å². The van der Waals surface area contributed by atoms with Gasteiger partial charge in [0.05, 0.1) is 26.0 Å². The number of carbonyl (C=O) groups is 2. The fraction of sp³-hybridized carbons (Fsp3) is 0.308. The molecule has 1 heterocycles. The lowest BCUT2D eigenvalue weighted by Crippen LogP contribution is -2.44. The third-order valence-electron chi connectivity index (χ3n) is 5.01. The van der Waals surface area contributed by atoms with E-state index in [9.17, 15) is 9.59 Å². The molecule has 168 valence electrons. The number of benzene rings is 2. The molecule has 0 N–H and O–H groups in total. The van der Waals surface area contributed by atoms with E-state index in [1.807, 2.05) is 73.7 Å². The Morgan fingerprint density at radius 3 is 2.12 bits per heavy atom. The van der Waals surface area contributed by atoms with Crippen LogP contribution in [0.3, 0.4) is 0 Å². The Labute approximate surface area is 189 Å². The summed E-state index contributed by atoms with van der Waals surface area (Å²) in [6.07, 6.45) is 2.35. The number of ether oxygens (including phenoxy) is 1. The molecule has 0 radical (unpaired) electrons. The number of carbonyl (C=O) groups excluding carboxylic acids is 2. The second kappa shape index (κ2) is 12.5. The highest BCUT2D eigenvalue weighted by Gasteiger charge is 2.22. The average Bonchev–Trinajstić information content (AvgIpc) is 3.33. The summed E-state index contributed by atoms with van der Waals surface area (Å²) < 4.78 is 11.1. The van der Waals surface area contributed by atoms with Crippen LogP contribution in [0.25, 0.3) is 0 Å². The molecule has 0 bridgehead atoms. The zero-order valence-electron chi connectivity index (χ0n) is 18.5. The van der Waals surface area contributed by atoms with Gasteiger partial charge in [-0.3, -0.25) is 9.59 Å². The summed E-state index contributed by atoms with van der Waals surface area (Å²) in [5.41, 5.74) is 2.03. The first-order valence-corrected chi connectivity index (χ1v) is 10.9. The minimum absolute atomic E-state index is 0.00884. The Morgan fingerprint density at radius 1 is 0.812 bits per heavy atom. The van der Waals surface area contributed by atoms with Gasteiger partial charge in [0.2, 0.25) is 11.8 Å². The third-order valence-corrected chi connectivity index (χ3v) is 5.01. The van der Waals surface area contributed by atoms with Crippen LogP contribution in [-0.4, -0.2) is 41.3 Å². The predicted molar refractivity (Wildman–Crippen MR) is 122 cm³/mol. The third kappa shape index (κ3) is 7.39. The molecule has 0 unspecified atom stereocenters. The van der Waals surface area contributed by atoms with Crippen molar-refractivity contribution < 1.29 is 18.7 Å². The first-order valence-electron chi connectivity index (χ1n) is 10.9. The molecule has 3 rings (SSSR count). The molecule has 0 spiro atoms. The van der Waals surface area contributed by atoms with E-state index in [0.717, 1.165) is 17.5 Å². The monoisotopic (exact) mass is 434 g/mol. The van der Waals surface area contributed by atoms with Crippen LogP contribution >= 0.6 is 0 Å². The smallest absolute Gasteiger partial charge is 0.249 e. The minimum atomic E-state index is -0.186. The van der Waals surface area contributed by atoms with Crippen molar-refractivity contribution in [3.8, 4) is 0 Å². The molecule has 0 saturated carbocycles. The van der Waals surface area contributed by atoms with Crippen LogP contribution in [0.2, 0.25) is 0 Å². The Balaban J connectivity index is 1.61. The van der Waals surface area contributed by atoms with Gasteiger partial charge in [-0.15, -0.1) is 0 Å². The van der Waals surface area contributed by atoms with Gasteiger partial charge in [0.15, 0.2) is 0 Å². The summed E-state index contributed by atoms with van der Waals surface area (Å²) in [7, 11) is 0. The standard InChI is InChI=1S/C26H30N2O4/c1-2-15-27(26(30)21-31-20-23-12-7-4-8-13-23)19-25(29)28(18-24-14-9-16-32-24)17-22-10-5-3-6-11-22/h3-14,16H,2,15,17-21H2,1H3. The lowest BCUT2D eigenvalue weighted by molar-refractivity contribution is -0.144. The summed E-state index contributed by atoms with van der Waals surface area (Å²) in [6.45, 7) is 3.59. The summed E-state index contributed by atoms with van der Waals surface area (Å²) in [5, 5.41) is 0. The molecule has 0 fully saturated rings. The van der Waals surface area contributed by atoms with Crippen LogP contribution in [0.1, 0.15) is 30.2 Å². The highest BCUT2D eigenvalue weighted by molar-refractivity contribution is 5.85. The normalized spacial score (nSPS) is 10.7. The van der Waals surface area contributed by atoms with Crippen molar-refractivity contribution in [3.63, 3.8) is 0 Å². The lowest BCUT2D eigenvalue weighted by Gasteiger charge is -2.27. The fourth-order valence-corrected chi connectivity index (χ4v) is 3.37. The summed E-state index contributed by atoms with van der Waals surface area (Å²) in [4.78, 5) is 29.3. The minimum Gasteiger partial charge on any atom is -0.467 e. The highest BCUT2D eigenvalue weighted by Crippen LogP contribution is 2.12. The Morgan fingerprint density at radius 2 is 1.50 bits per heavy atom. The second-order valence-corrected chi connectivity index (χ2v) is 7.61. The van der Waals surface area contributed by atoms with Gasteiger partial charge in [-0.25, -0.2) is 0 Å². The van der Waals surface area contributed by atoms with Crippen molar-refractivity contribution in [1.82, 2.24) is 9.80 Å². The van der Waals surface area contributed by atoms with Gasteiger partial charge in [0.25, 0.3) is 0 Å². The van der Waals surface area contributed by atoms with E-state index in [1.165, 1.54) is 0 Å². The Hall–Kier alpha value is -3.38. The van der Waals surface area contributed by atoms with Crippen LogP contribution < -0.4 is 0 Å². The van der Waals surface area contributed by atoms with Gasteiger partial charge in [0.1, 0.15) is 12.4 Å². The van der Waals surface area contributed by atoms with Crippen LogP contribution in [0.15, 0.2) is 83.5 Å². The Bertz CT molecular complexity index is 942. The largest absolute Gasteiger partial charge is 0.467 e. The highest BCUT2D eigenvalue weighted by atomic mass is 16.5. The van der Waals surface area contributed by atoms with E-state index in [2.05, 4.69) is 0 Å². The van der Waals surface area contributed by atoms with Crippen molar-refractivity contribution in [2.75, 3.05) is 19.7 Å². The molecule has 0 aliphatic rings. The summed E-state index contributed by atoms with van der Waals surface area (Å²) in [5.74, 6) is 0.387. The molecule has 0 atom stereocenters. The average molecular weight is 435 g/mol. The van der Waals surface area contributed by atoms with E-state index in [0.29, 0.717) is 32.0 Å². The van der Waals surface area contributed by atoms with Crippen LogP contribution in [0, 0.1) is 0 Å². The molecule has 0 aliphatic carbocycles. The van der Waals surface area contributed by atoms with Gasteiger partial charge < -0.3 is 19.0 Å². The van der Waals surface area contributed by atoms with E-state index in [1.54, 1.807) is 22.1 Å². The molecule has 2 amide bonds. The molecule has 6 heteroatoms. The van der Waals surface area contributed by atoms with Crippen molar-refractivity contribution in [2.24, 2.45) is 0 Å². The van der Waals surface area contributed by atoms with E-state index >= 15 is 0 Å². The SMILES string of the molecule is CCCN(CC(=O)N(Cc1ccccc1)Cc1ccco1)C(=O)COCc1ccccc1. The first kappa shape index (κ1) is 23.3. The summed E-state index contributed by atoms with van der Waals surface area (Å²) in [6, 6.07) is 23.2. The first-order chi connectivity index (χ1) is 15.7. The predicted octanol–water partition coefficient (Wildman–Crippen LogP) is 4.26. The fourth-order valence-electron chi connectivity index (χ4n) is 3.37. The molecule has 32 heavy (non-hydrogen) atoms. The quantitative estimate of drug-likeness (QED) is 0.427. The van der Waals surface area contributed by atoms with Crippen molar-refractivity contribution in [3.05, 3.63) is 95.9 Å². The van der Waals surface area contributed by atoms with Gasteiger partial charge in [-0.1, -0.05) is 67.6 Å². The maximum absolute atomic E-state index is 13.2. The number of hydrogen-bond donors (Lipinski definition) is 0. The number of nitrogens with zero attached hydrogens (tertiary/aromatic N) is 2. The molecule has 0 aliphatic heterocycles. The molecule has 3 aromatic rings. The number of rotatable bonds is 12. The van der Waals surface area contributed by atoms with Gasteiger partial charge in [-0.2, -0.15) is 0 Å². The van der Waals surface area contributed by atoms with Crippen LogP contribution in [-0.2, 0) is 34.0 Å².